The molecule has 9 heteroatoms. The van der Waals surface area contributed by atoms with Gasteiger partial charge in [-0.3, -0.25) is 4.79 Å². The molecule has 2 aromatic rings. The second-order valence-corrected chi connectivity index (χ2v) is 8.41. The largest absolute Gasteiger partial charge is 0.355 e. The van der Waals surface area contributed by atoms with Gasteiger partial charge in [-0.05, 0) is 31.3 Å². The Hall–Kier alpha value is -1.55. The van der Waals surface area contributed by atoms with Crippen molar-refractivity contribution in [3.8, 4) is 11.3 Å². The van der Waals surface area contributed by atoms with Crippen LogP contribution >= 0.6 is 35.3 Å². The summed E-state index contributed by atoms with van der Waals surface area (Å²) in [6, 6.07) is 6.12. The van der Waals surface area contributed by atoms with Crippen molar-refractivity contribution < 1.29 is 9.18 Å². The summed E-state index contributed by atoms with van der Waals surface area (Å²) in [6.07, 6.45) is 0. The molecular weight excluding hydrogens is 391 g/mol. The zero-order valence-electron chi connectivity index (χ0n) is 14.3. The average molecular weight is 411 g/mol. The van der Waals surface area contributed by atoms with E-state index in [9.17, 15) is 9.18 Å². The summed E-state index contributed by atoms with van der Waals surface area (Å²) in [7, 11) is 2.09. The zero-order valence-corrected chi connectivity index (χ0v) is 16.7. The van der Waals surface area contributed by atoms with Crippen LogP contribution in [0.15, 0.2) is 29.6 Å². The maximum atomic E-state index is 13.0. The highest BCUT2D eigenvalue weighted by Crippen LogP contribution is 2.25. The van der Waals surface area contributed by atoms with Gasteiger partial charge in [0.25, 0.3) is 0 Å². The number of hydrogen-bond donors (Lipinski definition) is 1. The Labute approximate surface area is 165 Å². The Morgan fingerprint density at radius 1 is 1.31 bits per heavy atom. The second kappa shape index (κ2) is 8.90. The highest BCUT2D eigenvalue weighted by atomic mass is 32.2. The van der Waals surface area contributed by atoms with Gasteiger partial charge in [-0.15, -0.1) is 11.3 Å². The van der Waals surface area contributed by atoms with E-state index in [-0.39, 0.29) is 17.5 Å². The summed E-state index contributed by atoms with van der Waals surface area (Å²) in [5.74, 6) is -0.159. The lowest BCUT2D eigenvalue weighted by Gasteiger charge is -2.33. The number of rotatable bonds is 4. The molecule has 1 aliphatic rings. The fourth-order valence-corrected chi connectivity index (χ4v) is 4.23. The van der Waals surface area contributed by atoms with Crippen LogP contribution in [-0.2, 0) is 4.79 Å². The molecule has 1 amide bonds. The van der Waals surface area contributed by atoms with Crippen molar-refractivity contribution in [2.75, 3.05) is 44.3 Å². The number of carbonyl (C=O) groups excluding carboxylic acids is 1. The summed E-state index contributed by atoms with van der Waals surface area (Å²) in [5.41, 5.74) is 1.53. The molecule has 1 aromatic carbocycles. The molecule has 0 radical (unpaired) electrons. The predicted octanol–water partition coefficient (Wildman–Crippen LogP) is 3.15. The van der Waals surface area contributed by atoms with Gasteiger partial charge in [0.2, 0.25) is 5.91 Å². The lowest BCUT2D eigenvalue weighted by molar-refractivity contribution is -0.113. The average Bonchev–Trinajstić information content (AvgIpc) is 3.09. The normalized spacial score (nSPS) is 15.1. The summed E-state index contributed by atoms with van der Waals surface area (Å²) >= 11 is 8.14. The quantitative estimate of drug-likeness (QED) is 0.782. The summed E-state index contributed by atoms with van der Waals surface area (Å²) in [5, 5.41) is 5.16. The van der Waals surface area contributed by atoms with Crippen LogP contribution in [0.25, 0.3) is 11.3 Å². The number of anilines is 1. The van der Waals surface area contributed by atoms with Gasteiger partial charge in [0.1, 0.15) is 10.1 Å². The van der Waals surface area contributed by atoms with E-state index in [1.165, 1.54) is 35.2 Å². The molecule has 3 rings (SSSR count). The molecule has 138 valence electrons. The number of aromatic nitrogens is 1. The molecule has 1 N–H and O–H groups in total. The molecular formula is C17H19FN4OS3. The molecule has 1 saturated heterocycles. The van der Waals surface area contributed by atoms with E-state index in [0.29, 0.717) is 10.8 Å². The number of amides is 1. The molecule has 1 fully saturated rings. The van der Waals surface area contributed by atoms with Crippen LogP contribution in [0.5, 0.6) is 0 Å². The second-order valence-electron chi connectivity index (χ2n) is 5.94. The number of piperazine rings is 1. The number of thiazole rings is 1. The van der Waals surface area contributed by atoms with Crippen molar-refractivity contribution in [2.24, 2.45) is 0 Å². The van der Waals surface area contributed by atoms with Crippen LogP contribution < -0.4 is 5.32 Å². The van der Waals surface area contributed by atoms with E-state index in [1.807, 2.05) is 5.38 Å². The SMILES string of the molecule is CN1CCN(C(=S)SCC(=O)Nc2nc(-c3ccc(F)cc3)cs2)CC1. The lowest BCUT2D eigenvalue weighted by Crippen LogP contribution is -2.46. The van der Waals surface area contributed by atoms with Crippen molar-refractivity contribution in [1.82, 2.24) is 14.8 Å². The number of carbonyl (C=O) groups is 1. The van der Waals surface area contributed by atoms with Crippen LogP contribution in [0.2, 0.25) is 0 Å². The minimum atomic E-state index is -0.286. The van der Waals surface area contributed by atoms with Crippen LogP contribution in [-0.4, -0.2) is 64.0 Å². The highest BCUT2D eigenvalue weighted by molar-refractivity contribution is 8.23. The number of hydrogen-bond acceptors (Lipinski definition) is 6. The molecule has 5 nitrogen and oxygen atoms in total. The Kier molecular flexibility index (Phi) is 6.58. The molecule has 0 bridgehead atoms. The van der Waals surface area contributed by atoms with Crippen LogP contribution in [0.3, 0.4) is 0 Å². The van der Waals surface area contributed by atoms with Gasteiger partial charge in [0.15, 0.2) is 5.13 Å². The Morgan fingerprint density at radius 2 is 2.00 bits per heavy atom. The molecule has 0 unspecified atom stereocenters. The monoisotopic (exact) mass is 410 g/mol. The minimum absolute atomic E-state index is 0.133. The zero-order chi connectivity index (χ0) is 18.5. The van der Waals surface area contributed by atoms with Crippen LogP contribution in [0, 0.1) is 5.82 Å². The van der Waals surface area contributed by atoms with E-state index in [0.717, 1.165) is 36.1 Å². The third-order valence-electron chi connectivity index (χ3n) is 3.98. The minimum Gasteiger partial charge on any atom is -0.355 e. The molecule has 0 aliphatic carbocycles. The van der Waals surface area contributed by atoms with Crippen molar-refractivity contribution in [3.05, 3.63) is 35.5 Å². The standard InChI is InChI=1S/C17H19FN4OS3/c1-21-6-8-22(9-7-21)17(24)26-11-15(23)20-16-19-14(10-25-16)12-2-4-13(18)5-3-12/h2-5,10H,6-9,11H2,1H3,(H,19,20,23). The van der Waals surface area contributed by atoms with Gasteiger partial charge in [0.05, 0.1) is 11.4 Å². The molecule has 26 heavy (non-hydrogen) atoms. The predicted molar refractivity (Wildman–Crippen MR) is 110 cm³/mol. The van der Waals surface area contributed by atoms with Gasteiger partial charge in [-0.1, -0.05) is 24.0 Å². The first-order valence-corrected chi connectivity index (χ1v) is 10.4. The number of nitrogens with zero attached hydrogens (tertiary/aromatic N) is 3. The maximum Gasteiger partial charge on any atom is 0.236 e. The van der Waals surface area contributed by atoms with E-state index in [2.05, 4.69) is 27.1 Å². The third kappa shape index (κ3) is 5.23. The fraction of sp³-hybridized carbons (Fsp3) is 0.353. The molecule has 0 atom stereocenters. The Morgan fingerprint density at radius 3 is 2.69 bits per heavy atom. The van der Waals surface area contributed by atoms with Crippen molar-refractivity contribution in [1.29, 1.82) is 0 Å². The van der Waals surface area contributed by atoms with Crippen molar-refractivity contribution in [2.45, 2.75) is 0 Å². The van der Waals surface area contributed by atoms with Crippen molar-refractivity contribution in [3.63, 3.8) is 0 Å². The number of halogens is 1. The van der Waals surface area contributed by atoms with Crippen LogP contribution in [0.4, 0.5) is 9.52 Å². The van der Waals surface area contributed by atoms with Gasteiger partial charge in [-0.25, -0.2) is 9.37 Å². The molecule has 0 saturated carbocycles. The maximum absolute atomic E-state index is 13.0. The fourth-order valence-electron chi connectivity index (χ4n) is 2.45. The highest BCUT2D eigenvalue weighted by Gasteiger charge is 2.17. The first-order chi connectivity index (χ1) is 12.5. The number of likely N-dealkylation sites (N-methyl/N-ethyl adjacent to an activating group) is 1. The third-order valence-corrected chi connectivity index (χ3v) is 6.26. The van der Waals surface area contributed by atoms with Gasteiger partial charge in [-0.2, -0.15) is 0 Å². The summed E-state index contributed by atoms with van der Waals surface area (Å²) in [6.45, 7) is 3.77. The number of thioether (sulfide) groups is 1. The molecule has 2 heterocycles. The van der Waals surface area contributed by atoms with E-state index in [4.69, 9.17) is 12.2 Å². The topological polar surface area (TPSA) is 48.5 Å². The molecule has 1 aliphatic heterocycles. The van der Waals surface area contributed by atoms with Gasteiger partial charge >= 0.3 is 0 Å². The smallest absolute Gasteiger partial charge is 0.236 e. The van der Waals surface area contributed by atoms with Crippen LogP contribution in [0.1, 0.15) is 0 Å². The van der Waals surface area contributed by atoms with E-state index < -0.39 is 0 Å². The Bertz CT molecular complexity index is 773. The van der Waals surface area contributed by atoms with E-state index in [1.54, 1.807) is 12.1 Å². The first kappa shape index (κ1) is 19.2. The molecule has 1 aromatic heterocycles. The van der Waals surface area contributed by atoms with Crippen molar-refractivity contribution >= 4 is 50.7 Å². The number of nitrogens with one attached hydrogen (secondary N) is 1. The lowest BCUT2D eigenvalue weighted by atomic mass is 10.2. The van der Waals surface area contributed by atoms with Gasteiger partial charge < -0.3 is 15.1 Å². The number of thiocarbonyl (C=S) groups is 1. The van der Waals surface area contributed by atoms with Gasteiger partial charge in [0, 0.05) is 37.1 Å². The van der Waals surface area contributed by atoms with E-state index >= 15 is 0 Å². The first-order valence-electron chi connectivity index (χ1n) is 8.13. The number of benzene rings is 1. The summed E-state index contributed by atoms with van der Waals surface area (Å²) in [4.78, 5) is 20.9. The molecule has 0 spiro atoms. The summed E-state index contributed by atoms with van der Waals surface area (Å²) < 4.78 is 13.8. The Balaban J connectivity index is 1.48.